The molecule has 0 fully saturated rings. The molecule has 112 valence electrons. The summed E-state index contributed by atoms with van der Waals surface area (Å²) in [6.45, 7) is 4.47. The van der Waals surface area contributed by atoms with Gasteiger partial charge < -0.3 is 11.1 Å². The van der Waals surface area contributed by atoms with E-state index in [4.69, 9.17) is 5.73 Å². The van der Waals surface area contributed by atoms with Gasteiger partial charge in [0, 0.05) is 17.8 Å². The Bertz CT molecular complexity index is 468. The highest BCUT2D eigenvalue weighted by Crippen LogP contribution is 2.33. The van der Waals surface area contributed by atoms with E-state index in [0.29, 0.717) is 12.5 Å². The monoisotopic (exact) mass is 288 g/mol. The summed E-state index contributed by atoms with van der Waals surface area (Å²) in [6.07, 6.45) is -2.74. The number of halogens is 3. The number of hydrogen-bond donors (Lipinski definition) is 2. The van der Waals surface area contributed by atoms with Crippen molar-refractivity contribution in [3.8, 4) is 0 Å². The molecule has 0 atom stereocenters. The van der Waals surface area contributed by atoms with Crippen molar-refractivity contribution in [2.75, 3.05) is 12.3 Å². The summed E-state index contributed by atoms with van der Waals surface area (Å²) in [6, 6.07) is 3.19. The Morgan fingerprint density at radius 3 is 2.40 bits per heavy atom. The van der Waals surface area contributed by atoms with E-state index in [9.17, 15) is 18.0 Å². The first-order chi connectivity index (χ1) is 9.29. The predicted molar refractivity (Wildman–Crippen MR) is 72.3 cm³/mol. The summed E-state index contributed by atoms with van der Waals surface area (Å²) in [7, 11) is 0. The van der Waals surface area contributed by atoms with Gasteiger partial charge in [-0.2, -0.15) is 13.2 Å². The second kappa shape index (κ2) is 6.63. The van der Waals surface area contributed by atoms with E-state index in [0.717, 1.165) is 25.0 Å². The molecule has 0 unspecified atom stereocenters. The summed E-state index contributed by atoms with van der Waals surface area (Å²) in [5.74, 6) is -0.183. The summed E-state index contributed by atoms with van der Waals surface area (Å²) in [5, 5.41) is 2.65. The number of nitrogen functional groups attached to an aromatic ring is 1. The molecule has 0 saturated carbocycles. The highest BCUT2D eigenvalue weighted by molar-refractivity contribution is 5.94. The number of benzene rings is 1. The maximum Gasteiger partial charge on any atom is 0.418 e. The van der Waals surface area contributed by atoms with Gasteiger partial charge in [0.2, 0.25) is 0 Å². The van der Waals surface area contributed by atoms with Gasteiger partial charge >= 0.3 is 6.18 Å². The van der Waals surface area contributed by atoms with Crippen LogP contribution in [0.25, 0.3) is 0 Å². The van der Waals surface area contributed by atoms with Crippen molar-refractivity contribution in [1.29, 1.82) is 0 Å². The van der Waals surface area contributed by atoms with E-state index < -0.39 is 17.6 Å². The van der Waals surface area contributed by atoms with E-state index in [1.807, 2.05) is 13.8 Å². The Hall–Kier alpha value is -1.72. The number of rotatable bonds is 5. The number of nitrogens with one attached hydrogen (secondary N) is 1. The van der Waals surface area contributed by atoms with Gasteiger partial charge in [-0.25, -0.2) is 0 Å². The van der Waals surface area contributed by atoms with Crippen LogP contribution in [0, 0.1) is 5.92 Å². The first-order valence-electron chi connectivity index (χ1n) is 6.54. The van der Waals surface area contributed by atoms with Crippen LogP contribution < -0.4 is 11.1 Å². The number of hydrogen-bond acceptors (Lipinski definition) is 2. The molecule has 6 heteroatoms. The summed E-state index contributed by atoms with van der Waals surface area (Å²) < 4.78 is 38.1. The average molecular weight is 288 g/mol. The zero-order valence-electron chi connectivity index (χ0n) is 11.6. The second-order valence-corrected chi connectivity index (χ2v) is 4.69. The molecule has 0 aliphatic heterocycles. The Balaban J connectivity index is 2.84. The van der Waals surface area contributed by atoms with Crippen LogP contribution >= 0.6 is 0 Å². The van der Waals surface area contributed by atoms with Crippen molar-refractivity contribution in [3.05, 3.63) is 29.3 Å². The molecular formula is C14H19F3N2O. The molecule has 20 heavy (non-hydrogen) atoms. The molecule has 1 aromatic carbocycles. The minimum absolute atomic E-state index is 0.0301. The molecule has 1 amide bonds. The molecule has 0 radical (unpaired) electrons. The SMILES string of the molecule is CCC(CC)CNC(=O)c1ccc(N)c(C(F)(F)F)c1. The fourth-order valence-electron chi connectivity index (χ4n) is 1.86. The highest BCUT2D eigenvalue weighted by Gasteiger charge is 2.33. The lowest BCUT2D eigenvalue weighted by atomic mass is 10.0. The number of carbonyl (C=O) groups excluding carboxylic acids is 1. The molecule has 1 aromatic rings. The van der Waals surface area contributed by atoms with Gasteiger partial charge in [0.25, 0.3) is 5.91 Å². The van der Waals surface area contributed by atoms with Gasteiger partial charge in [-0.05, 0) is 24.1 Å². The minimum Gasteiger partial charge on any atom is -0.398 e. The molecule has 1 rings (SSSR count). The van der Waals surface area contributed by atoms with Crippen LogP contribution in [0.5, 0.6) is 0 Å². The van der Waals surface area contributed by atoms with Crippen molar-refractivity contribution < 1.29 is 18.0 Å². The number of nitrogens with two attached hydrogens (primary N) is 1. The van der Waals surface area contributed by atoms with E-state index in [1.165, 1.54) is 6.07 Å². The first kappa shape index (κ1) is 16.3. The predicted octanol–water partition coefficient (Wildman–Crippen LogP) is 3.45. The van der Waals surface area contributed by atoms with Gasteiger partial charge in [-0.1, -0.05) is 26.7 Å². The van der Waals surface area contributed by atoms with E-state index in [-0.39, 0.29) is 11.3 Å². The van der Waals surface area contributed by atoms with Crippen LogP contribution in [0.15, 0.2) is 18.2 Å². The Morgan fingerprint density at radius 1 is 1.30 bits per heavy atom. The first-order valence-corrected chi connectivity index (χ1v) is 6.54. The van der Waals surface area contributed by atoms with Crippen LogP contribution in [0.3, 0.4) is 0 Å². The van der Waals surface area contributed by atoms with Crippen molar-refractivity contribution in [2.45, 2.75) is 32.9 Å². The fourth-order valence-corrected chi connectivity index (χ4v) is 1.86. The van der Waals surface area contributed by atoms with Crippen molar-refractivity contribution in [1.82, 2.24) is 5.32 Å². The molecular weight excluding hydrogens is 269 g/mol. The van der Waals surface area contributed by atoms with Crippen LogP contribution in [0.4, 0.5) is 18.9 Å². The van der Waals surface area contributed by atoms with E-state index in [2.05, 4.69) is 5.32 Å². The van der Waals surface area contributed by atoms with Gasteiger partial charge in [0.05, 0.1) is 5.56 Å². The molecule has 0 heterocycles. The second-order valence-electron chi connectivity index (χ2n) is 4.69. The van der Waals surface area contributed by atoms with Crippen molar-refractivity contribution >= 4 is 11.6 Å². The summed E-state index contributed by atoms with van der Waals surface area (Å²) in [4.78, 5) is 11.9. The molecule has 0 bridgehead atoms. The van der Waals surface area contributed by atoms with Crippen molar-refractivity contribution in [2.24, 2.45) is 5.92 Å². The Kier molecular flexibility index (Phi) is 5.42. The van der Waals surface area contributed by atoms with Crippen LogP contribution in [0.1, 0.15) is 42.6 Å². The van der Waals surface area contributed by atoms with Crippen molar-refractivity contribution in [3.63, 3.8) is 0 Å². The maximum atomic E-state index is 12.7. The Labute approximate surface area is 116 Å². The quantitative estimate of drug-likeness (QED) is 0.815. The largest absolute Gasteiger partial charge is 0.418 e. The van der Waals surface area contributed by atoms with Gasteiger partial charge in [0.15, 0.2) is 0 Å². The van der Waals surface area contributed by atoms with Gasteiger partial charge in [-0.15, -0.1) is 0 Å². The number of carbonyl (C=O) groups is 1. The fraction of sp³-hybridized carbons (Fsp3) is 0.500. The summed E-state index contributed by atoms with van der Waals surface area (Å²) >= 11 is 0. The number of amides is 1. The third kappa shape index (κ3) is 4.15. The van der Waals surface area contributed by atoms with Crippen LogP contribution in [0.2, 0.25) is 0 Å². The topological polar surface area (TPSA) is 55.1 Å². The van der Waals surface area contributed by atoms with Gasteiger partial charge in [0.1, 0.15) is 0 Å². The molecule has 0 saturated heterocycles. The normalized spacial score (nSPS) is 11.7. The molecule has 0 aliphatic rings. The maximum absolute atomic E-state index is 12.7. The zero-order valence-corrected chi connectivity index (χ0v) is 11.6. The molecule has 0 spiro atoms. The van der Waals surface area contributed by atoms with E-state index in [1.54, 1.807) is 0 Å². The minimum atomic E-state index is -4.56. The Morgan fingerprint density at radius 2 is 1.90 bits per heavy atom. The highest BCUT2D eigenvalue weighted by atomic mass is 19.4. The summed E-state index contributed by atoms with van der Waals surface area (Å²) in [5.41, 5.74) is 3.90. The third-order valence-corrected chi connectivity index (χ3v) is 3.33. The van der Waals surface area contributed by atoms with Crippen LogP contribution in [-0.4, -0.2) is 12.5 Å². The van der Waals surface area contributed by atoms with Gasteiger partial charge in [-0.3, -0.25) is 4.79 Å². The number of anilines is 1. The molecule has 0 aromatic heterocycles. The average Bonchev–Trinajstić information content (AvgIpc) is 2.38. The molecule has 0 aliphatic carbocycles. The lowest BCUT2D eigenvalue weighted by Gasteiger charge is -2.15. The molecule has 3 nitrogen and oxygen atoms in total. The lowest BCUT2D eigenvalue weighted by Crippen LogP contribution is -2.29. The lowest BCUT2D eigenvalue weighted by molar-refractivity contribution is -0.136. The molecule has 3 N–H and O–H groups in total. The van der Waals surface area contributed by atoms with E-state index >= 15 is 0 Å². The zero-order chi connectivity index (χ0) is 15.3. The van der Waals surface area contributed by atoms with Crippen LogP contribution in [-0.2, 0) is 6.18 Å². The standard InChI is InChI=1S/C14H19F3N2O/c1-3-9(4-2)8-19-13(20)10-5-6-12(18)11(7-10)14(15,16)17/h5-7,9H,3-4,8,18H2,1-2H3,(H,19,20). The smallest absolute Gasteiger partial charge is 0.398 e. The third-order valence-electron chi connectivity index (χ3n) is 3.33. The number of alkyl halides is 3.